The second-order valence-electron chi connectivity index (χ2n) is 9.50. The Bertz CT molecular complexity index is 1200. The van der Waals surface area contributed by atoms with Crippen LogP contribution in [-0.4, -0.2) is 51.4 Å². The Labute approximate surface area is 215 Å². The summed E-state index contributed by atoms with van der Waals surface area (Å²) in [6, 6.07) is 15.6. The van der Waals surface area contributed by atoms with Crippen molar-refractivity contribution < 1.29 is 14.1 Å². The molecule has 0 aliphatic carbocycles. The highest BCUT2D eigenvalue weighted by Gasteiger charge is 2.26. The molecular formula is C27H30ClN5O3. The van der Waals surface area contributed by atoms with Gasteiger partial charge in [0.2, 0.25) is 23.5 Å². The molecule has 0 bridgehead atoms. The molecule has 3 aromatic rings. The number of piperidine rings is 1. The van der Waals surface area contributed by atoms with Crippen LogP contribution in [0, 0.1) is 5.92 Å². The first-order chi connectivity index (χ1) is 17.5. The van der Waals surface area contributed by atoms with Gasteiger partial charge in [0, 0.05) is 37.5 Å². The Morgan fingerprint density at radius 3 is 2.50 bits per heavy atom. The number of nitrogens with one attached hydrogen (secondary N) is 1. The highest BCUT2D eigenvalue weighted by Crippen LogP contribution is 2.26. The van der Waals surface area contributed by atoms with E-state index in [1.54, 1.807) is 6.07 Å². The summed E-state index contributed by atoms with van der Waals surface area (Å²) < 4.78 is 5.43. The van der Waals surface area contributed by atoms with Gasteiger partial charge in [0.15, 0.2) is 0 Å². The van der Waals surface area contributed by atoms with E-state index in [0.29, 0.717) is 42.8 Å². The van der Waals surface area contributed by atoms with Crippen LogP contribution in [0.25, 0.3) is 11.4 Å². The van der Waals surface area contributed by atoms with Crippen LogP contribution in [0.1, 0.15) is 42.7 Å². The second kappa shape index (κ2) is 11.2. The fourth-order valence-electron chi connectivity index (χ4n) is 4.80. The first kappa shape index (κ1) is 24.5. The fourth-order valence-corrected chi connectivity index (χ4v) is 5.02. The normalized spacial score (nSPS) is 17.0. The summed E-state index contributed by atoms with van der Waals surface area (Å²) in [5.74, 6) is 1.37. The van der Waals surface area contributed by atoms with Gasteiger partial charge in [-0.05, 0) is 55.6 Å². The minimum atomic E-state index is 0.00285. The van der Waals surface area contributed by atoms with Crippen LogP contribution in [-0.2, 0) is 29.2 Å². The molecule has 2 amide bonds. The number of hydrogen-bond acceptors (Lipinski definition) is 6. The van der Waals surface area contributed by atoms with Gasteiger partial charge in [-0.1, -0.05) is 53.2 Å². The largest absolute Gasteiger partial charge is 0.352 e. The lowest BCUT2D eigenvalue weighted by molar-refractivity contribution is -0.128. The van der Waals surface area contributed by atoms with Gasteiger partial charge in [0.25, 0.3) is 0 Å². The van der Waals surface area contributed by atoms with E-state index >= 15 is 0 Å². The van der Waals surface area contributed by atoms with Gasteiger partial charge < -0.3 is 14.7 Å². The van der Waals surface area contributed by atoms with Crippen molar-refractivity contribution in [3.8, 4) is 11.4 Å². The zero-order valence-electron chi connectivity index (χ0n) is 20.2. The van der Waals surface area contributed by atoms with Gasteiger partial charge in [0.1, 0.15) is 0 Å². The quantitative estimate of drug-likeness (QED) is 0.494. The molecule has 0 atom stereocenters. The average molecular weight is 508 g/mol. The number of likely N-dealkylation sites (tertiary alicyclic amines) is 2. The number of aromatic nitrogens is 2. The van der Waals surface area contributed by atoms with Crippen molar-refractivity contribution in [2.75, 3.05) is 19.6 Å². The smallest absolute Gasteiger partial charge is 0.241 e. The minimum absolute atomic E-state index is 0.00285. The summed E-state index contributed by atoms with van der Waals surface area (Å²) >= 11 is 6.23. The molecule has 2 aromatic carbocycles. The molecule has 3 heterocycles. The molecular weight excluding hydrogens is 478 g/mol. The predicted molar refractivity (Wildman–Crippen MR) is 136 cm³/mol. The summed E-state index contributed by atoms with van der Waals surface area (Å²) in [6.07, 6.45) is 3.19. The first-order valence-corrected chi connectivity index (χ1v) is 12.9. The molecule has 0 spiro atoms. The first-order valence-electron chi connectivity index (χ1n) is 12.5. The molecule has 2 aliphatic rings. The van der Waals surface area contributed by atoms with Crippen LogP contribution in [0.4, 0.5) is 0 Å². The number of carbonyl (C=O) groups is 2. The number of hydrogen-bond donors (Lipinski definition) is 1. The Balaban J connectivity index is 1.05. The van der Waals surface area contributed by atoms with Crippen LogP contribution in [0.2, 0.25) is 5.02 Å². The molecule has 2 fully saturated rings. The lowest BCUT2D eigenvalue weighted by Crippen LogP contribution is -2.40. The van der Waals surface area contributed by atoms with E-state index in [1.165, 1.54) is 0 Å². The second-order valence-corrected chi connectivity index (χ2v) is 9.90. The van der Waals surface area contributed by atoms with Crippen LogP contribution >= 0.6 is 11.6 Å². The summed E-state index contributed by atoms with van der Waals surface area (Å²) in [5.41, 5.74) is 2.93. The van der Waals surface area contributed by atoms with Gasteiger partial charge in [-0.2, -0.15) is 4.98 Å². The molecule has 2 aliphatic heterocycles. The highest BCUT2D eigenvalue weighted by atomic mass is 35.5. The molecule has 8 nitrogen and oxygen atoms in total. The van der Waals surface area contributed by atoms with E-state index in [2.05, 4.69) is 20.4 Å². The van der Waals surface area contributed by atoms with E-state index in [9.17, 15) is 9.59 Å². The molecule has 5 rings (SSSR count). The molecule has 188 valence electrons. The van der Waals surface area contributed by atoms with Crippen molar-refractivity contribution in [2.24, 2.45) is 5.92 Å². The summed E-state index contributed by atoms with van der Waals surface area (Å²) in [4.78, 5) is 33.2. The van der Waals surface area contributed by atoms with E-state index in [4.69, 9.17) is 16.1 Å². The number of halogens is 1. The van der Waals surface area contributed by atoms with Crippen LogP contribution in [0.5, 0.6) is 0 Å². The Kier molecular flexibility index (Phi) is 7.63. The van der Waals surface area contributed by atoms with Crippen LogP contribution < -0.4 is 5.32 Å². The summed E-state index contributed by atoms with van der Waals surface area (Å²) in [6.45, 7) is 4.16. The SMILES string of the molecule is O=C(NCc1ccc(CN2CCCC2=O)cc1)C1CCN(Cc2nc(-c3ccccc3Cl)no2)CC1. The van der Waals surface area contributed by atoms with Crippen molar-refractivity contribution in [3.63, 3.8) is 0 Å². The van der Waals surface area contributed by atoms with Gasteiger partial charge in [-0.3, -0.25) is 14.5 Å². The number of benzene rings is 2. The summed E-state index contributed by atoms with van der Waals surface area (Å²) in [7, 11) is 0. The maximum Gasteiger partial charge on any atom is 0.241 e. The average Bonchev–Trinajstić information content (AvgIpc) is 3.53. The van der Waals surface area contributed by atoms with Crippen molar-refractivity contribution >= 4 is 23.4 Å². The monoisotopic (exact) mass is 507 g/mol. The van der Waals surface area contributed by atoms with Crippen molar-refractivity contribution in [3.05, 3.63) is 70.6 Å². The van der Waals surface area contributed by atoms with E-state index in [0.717, 1.165) is 55.6 Å². The molecule has 0 unspecified atom stereocenters. The standard InChI is InChI=1S/C27H30ClN5O3/c28-23-5-2-1-4-22(23)26-30-24(36-31-26)18-32-14-11-21(12-15-32)27(35)29-16-19-7-9-20(10-8-19)17-33-13-3-6-25(33)34/h1-2,4-5,7-10,21H,3,6,11-18H2,(H,29,35). The molecule has 9 heteroatoms. The van der Waals surface area contributed by atoms with Crippen molar-refractivity contribution in [2.45, 2.75) is 45.3 Å². The zero-order valence-corrected chi connectivity index (χ0v) is 20.9. The number of amides is 2. The third kappa shape index (κ3) is 5.94. The Morgan fingerprint density at radius 1 is 1.03 bits per heavy atom. The van der Waals surface area contributed by atoms with Crippen LogP contribution in [0.3, 0.4) is 0 Å². The summed E-state index contributed by atoms with van der Waals surface area (Å²) in [5, 5.41) is 7.74. The van der Waals surface area contributed by atoms with Gasteiger partial charge >= 0.3 is 0 Å². The van der Waals surface area contributed by atoms with Gasteiger partial charge in [0.05, 0.1) is 11.6 Å². The number of rotatable bonds is 8. The maximum absolute atomic E-state index is 12.7. The van der Waals surface area contributed by atoms with E-state index in [-0.39, 0.29) is 17.7 Å². The Hall–Kier alpha value is -3.23. The predicted octanol–water partition coefficient (Wildman–Crippen LogP) is 4.04. The zero-order chi connectivity index (χ0) is 24.9. The molecule has 1 aromatic heterocycles. The van der Waals surface area contributed by atoms with Crippen molar-refractivity contribution in [1.82, 2.24) is 25.3 Å². The van der Waals surface area contributed by atoms with E-state index < -0.39 is 0 Å². The lowest BCUT2D eigenvalue weighted by Gasteiger charge is -2.30. The molecule has 0 radical (unpaired) electrons. The molecule has 1 N–H and O–H groups in total. The minimum Gasteiger partial charge on any atom is -0.352 e. The van der Waals surface area contributed by atoms with E-state index in [1.807, 2.05) is 47.4 Å². The maximum atomic E-state index is 12.7. The van der Waals surface area contributed by atoms with Gasteiger partial charge in [-0.25, -0.2) is 0 Å². The molecule has 0 saturated carbocycles. The Morgan fingerprint density at radius 2 is 1.78 bits per heavy atom. The van der Waals surface area contributed by atoms with Gasteiger partial charge in [-0.15, -0.1) is 0 Å². The van der Waals surface area contributed by atoms with Crippen molar-refractivity contribution in [1.29, 1.82) is 0 Å². The number of nitrogens with zero attached hydrogens (tertiary/aromatic N) is 4. The third-order valence-corrected chi connectivity index (χ3v) is 7.26. The highest BCUT2D eigenvalue weighted by molar-refractivity contribution is 6.33. The molecule has 36 heavy (non-hydrogen) atoms. The number of carbonyl (C=O) groups excluding carboxylic acids is 2. The lowest BCUT2D eigenvalue weighted by atomic mass is 9.96. The third-order valence-electron chi connectivity index (χ3n) is 6.93. The topological polar surface area (TPSA) is 91.6 Å². The van der Waals surface area contributed by atoms with Crippen LogP contribution in [0.15, 0.2) is 53.1 Å². The molecule has 2 saturated heterocycles. The fraction of sp³-hybridized carbons (Fsp3) is 0.407.